The van der Waals surface area contributed by atoms with E-state index < -0.39 is 0 Å². The van der Waals surface area contributed by atoms with Crippen LogP contribution in [0.2, 0.25) is 0 Å². The second kappa shape index (κ2) is 38.7. The van der Waals surface area contributed by atoms with Gasteiger partial charge in [0.15, 0.2) is 0 Å². The fourth-order valence-corrected chi connectivity index (χ4v) is 19.3. The molecule has 8 saturated heterocycles. The van der Waals surface area contributed by atoms with Gasteiger partial charge < -0.3 is 27.4 Å². The molecule has 0 aromatic heterocycles. The van der Waals surface area contributed by atoms with E-state index in [-0.39, 0.29) is 81.7 Å². The van der Waals surface area contributed by atoms with E-state index in [0.717, 1.165) is 92.5 Å². The third-order valence-corrected chi connectivity index (χ3v) is 25.1. The van der Waals surface area contributed by atoms with Crippen molar-refractivity contribution < 1.29 is 54.3 Å². The zero-order valence-corrected chi connectivity index (χ0v) is 74.7. The number of piperidine rings is 5. The van der Waals surface area contributed by atoms with Crippen LogP contribution in [0.4, 0.5) is 11.4 Å². The first-order chi connectivity index (χ1) is 46.6. The minimum Gasteiger partial charge on any atom is -0.662 e. The summed E-state index contributed by atoms with van der Waals surface area (Å²) < 4.78 is 0. The predicted octanol–water partition coefficient (Wildman–Crippen LogP) is 18.1. The number of para-hydroxylation sites is 2. The molecule has 7 unspecified atom stereocenters. The number of likely N-dealkylation sites (tertiary alicyclic amines) is 5. The van der Waals surface area contributed by atoms with Gasteiger partial charge in [0.25, 0.3) is 0 Å². The van der Waals surface area contributed by atoms with Gasteiger partial charge in [-0.25, -0.2) is 0 Å². The van der Waals surface area contributed by atoms with Gasteiger partial charge >= 0.3 is 0 Å². The molecular formula is C88H154N10O3ReRh-2. The normalized spacial score (nSPS) is 27.0. The summed E-state index contributed by atoms with van der Waals surface area (Å²) >= 11 is 0. The molecule has 15 heteroatoms. The van der Waals surface area contributed by atoms with Crippen LogP contribution in [0.25, 0.3) is 5.32 Å². The molecule has 2 saturated carbocycles. The second-order valence-electron chi connectivity index (χ2n) is 40.0. The van der Waals surface area contributed by atoms with Crippen LogP contribution < -0.4 is 9.80 Å². The van der Waals surface area contributed by atoms with E-state index in [1.54, 1.807) is 6.92 Å². The molecule has 13 nitrogen and oxygen atoms in total. The van der Waals surface area contributed by atoms with E-state index in [4.69, 9.17) is 0 Å². The number of rotatable bonds is 0. The average Bonchev–Trinajstić information content (AvgIpc) is 1.77. The molecule has 7 atom stereocenters. The van der Waals surface area contributed by atoms with Gasteiger partial charge in [-0.2, -0.15) is 0 Å². The number of carbonyl (C=O) groups is 3. The van der Waals surface area contributed by atoms with Crippen LogP contribution in [-0.2, 0) is 67.1 Å². The standard InChI is InChI=1S/C13H24N2O.C13H17NO.2C13H25N.C12H23N2.C12H15NO.C11H22N2.CH3.Re.Rh/c1-10(16)14-6-11-5-12(7-14)9-15(8-11)13(2,3)4;1-13(2,3)14-11-7-5-4-6-10(11)8-9-12(14)15;1-13(2,3)14-10-6-8-11-7-4-5-9-12(11)14;1-13(2,3)14-9-8-11-6-4-5-7-12(11)10-14;1-11(2,3)14-8-5-12(6-9-14)4-7-13-10-12;1-12(2,3)13-10-7-5-4-6-9(10)8-11(13)14;1-11(2,3)13-8-7-12-6-4-5-10(12)9-13;;;/h11-12H,5-9H2,1-4H3;4-7H,8-9H2,1-3H3;2*11-12H,4-10H2,1-3H3;4-10H2,1-3H3;4-7H,8H2,1-3H3;10H,4-9H2,1-3H3;1H3;;/q;;;;-1;;;-1;;. The van der Waals surface area contributed by atoms with Gasteiger partial charge in [-0.05, 0) is 313 Å². The Morgan fingerprint density at radius 3 is 1.48 bits per heavy atom. The SMILES string of the molecule is CC(=O)N1CC2CC(C1)CN(C(C)(C)C)C2.CC(C)(C)N1C(=O)CCc2ccccc21.CC(C)(C)N1C(=O)Cc2ccccc21.CC(C)(C)N1CCC2(CC[N-]C2)CC1.CC(C)(C)N1CCC2CCCCC2C1.CC(C)(C)N1CCCC2CCCCC21.CC(C)(C)N1CCN2CCCC2C1.[CH3-].[Re].[Rh]. The van der Waals surface area contributed by atoms with E-state index in [9.17, 15) is 14.4 Å². The Morgan fingerprint density at radius 2 is 0.942 bits per heavy atom. The van der Waals surface area contributed by atoms with Crippen LogP contribution in [-0.4, -0.2) is 201 Å². The Kier molecular flexibility index (Phi) is 34.3. The van der Waals surface area contributed by atoms with Crippen molar-refractivity contribution in [2.75, 3.05) is 108 Å². The largest absolute Gasteiger partial charge is 0.662 e. The molecule has 12 aliphatic rings. The zero-order chi connectivity index (χ0) is 73.4. The Hall–Kier alpha value is -2.14. The van der Waals surface area contributed by atoms with Crippen LogP contribution in [0.5, 0.6) is 0 Å². The van der Waals surface area contributed by atoms with Crippen LogP contribution in [0.1, 0.15) is 279 Å². The Labute approximate surface area is 660 Å². The third kappa shape index (κ3) is 26.0. The number of aryl methyl sites for hydroxylation is 1. The molecule has 3 amide bonds. The number of fused-ring (bicyclic) bond motifs is 7. The Bertz CT molecular complexity index is 2880. The van der Waals surface area contributed by atoms with Gasteiger partial charge in [-0.1, -0.05) is 74.9 Å². The number of carbonyl (C=O) groups excluding carboxylic acids is 3. The predicted molar refractivity (Wildman–Crippen MR) is 430 cm³/mol. The number of amides is 3. The van der Waals surface area contributed by atoms with E-state index in [1.807, 2.05) is 57.2 Å². The van der Waals surface area contributed by atoms with Gasteiger partial charge in [-0.15, -0.1) is 13.1 Å². The van der Waals surface area contributed by atoms with E-state index >= 15 is 0 Å². The van der Waals surface area contributed by atoms with Gasteiger partial charge in [0, 0.05) is 168 Å². The minimum atomic E-state index is -0.131. The third-order valence-electron chi connectivity index (χ3n) is 25.1. The quantitative estimate of drug-likeness (QED) is 0.189. The summed E-state index contributed by atoms with van der Waals surface area (Å²) in [7, 11) is 0. The molecule has 592 valence electrons. The number of nitrogens with zero attached hydrogens (tertiary/aromatic N) is 10. The first-order valence-corrected chi connectivity index (χ1v) is 40.8. The van der Waals surface area contributed by atoms with Crippen molar-refractivity contribution in [3.63, 3.8) is 0 Å². The monoisotopic (exact) mass is 1690 g/mol. The summed E-state index contributed by atoms with van der Waals surface area (Å²) in [4.78, 5) is 57.0. The van der Waals surface area contributed by atoms with Crippen molar-refractivity contribution in [1.82, 2.24) is 34.3 Å². The second-order valence-corrected chi connectivity index (χ2v) is 40.0. The minimum absolute atomic E-state index is 0. The maximum absolute atomic E-state index is 11.9. The fourth-order valence-electron chi connectivity index (χ4n) is 19.3. The molecule has 2 aromatic carbocycles. The van der Waals surface area contributed by atoms with Gasteiger partial charge in [0.05, 0.1) is 6.42 Å². The van der Waals surface area contributed by atoms with E-state index in [1.165, 1.54) is 174 Å². The molecule has 2 bridgehead atoms. The van der Waals surface area contributed by atoms with Crippen molar-refractivity contribution >= 4 is 29.1 Å². The maximum atomic E-state index is 11.9. The Balaban J connectivity index is 0.000000215. The zero-order valence-electron chi connectivity index (χ0n) is 70.3. The molecule has 103 heavy (non-hydrogen) atoms. The molecule has 10 heterocycles. The summed E-state index contributed by atoms with van der Waals surface area (Å²) in [5.74, 6) is 5.20. The molecule has 2 aliphatic carbocycles. The smallest absolute Gasteiger partial charge is 0.231 e. The number of benzene rings is 2. The van der Waals surface area contributed by atoms with Gasteiger partial charge in [-0.3, -0.25) is 43.8 Å². The summed E-state index contributed by atoms with van der Waals surface area (Å²) in [5.41, 5.74) is 6.73. The van der Waals surface area contributed by atoms with Gasteiger partial charge in [0.1, 0.15) is 0 Å². The summed E-state index contributed by atoms with van der Waals surface area (Å²) in [6.45, 7) is 67.5. The molecule has 2 radical (unpaired) electrons. The fraction of sp³-hybridized carbons (Fsp3) is 0.818. The topological polar surface area (TPSA) is 94.5 Å². The van der Waals surface area contributed by atoms with E-state index in [2.05, 4.69) is 186 Å². The van der Waals surface area contributed by atoms with Crippen LogP contribution in [0.15, 0.2) is 48.5 Å². The van der Waals surface area contributed by atoms with Crippen molar-refractivity contribution in [3.05, 3.63) is 72.4 Å². The molecular weight excluding hydrogens is 1530 g/mol. The van der Waals surface area contributed by atoms with Crippen molar-refractivity contribution in [2.24, 2.45) is 35.0 Å². The summed E-state index contributed by atoms with van der Waals surface area (Å²) in [6.07, 6.45) is 26.6. The average molecular weight is 1690 g/mol. The first kappa shape index (κ1) is 91.5. The van der Waals surface area contributed by atoms with E-state index in [0.29, 0.717) is 52.2 Å². The number of piperazine rings is 1. The Morgan fingerprint density at radius 1 is 0.447 bits per heavy atom. The van der Waals surface area contributed by atoms with Crippen molar-refractivity contribution in [3.8, 4) is 0 Å². The molecule has 1 spiro atoms. The number of hydrogen-bond acceptors (Lipinski definition) is 9. The summed E-state index contributed by atoms with van der Waals surface area (Å²) in [5, 5.41) is 4.53. The van der Waals surface area contributed by atoms with Gasteiger partial charge in [0.2, 0.25) is 17.7 Å². The maximum Gasteiger partial charge on any atom is 0.231 e. The van der Waals surface area contributed by atoms with Crippen LogP contribution >= 0.6 is 0 Å². The van der Waals surface area contributed by atoms with Crippen molar-refractivity contribution in [2.45, 2.75) is 332 Å². The number of hydrogen-bond donors (Lipinski definition) is 0. The molecule has 10 aliphatic heterocycles. The molecule has 10 fully saturated rings. The van der Waals surface area contributed by atoms with Crippen molar-refractivity contribution in [1.29, 1.82) is 0 Å². The number of anilines is 2. The first-order valence-electron chi connectivity index (χ1n) is 40.8. The summed E-state index contributed by atoms with van der Waals surface area (Å²) in [6, 6.07) is 18.0. The van der Waals surface area contributed by atoms with Crippen LogP contribution in [0, 0.1) is 42.4 Å². The molecule has 2 aromatic rings. The molecule has 14 rings (SSSR count). The van der Waals surface area contributed by atoms with Crippen LogP contribution in [0.3, 0.4) is 0 Å². The molecule has 0 N–H and O–H groups in total.